The van der Waals surface area contributed by atoms with Gasteiger partial charge in [0.05, 0.1) is 12.2 Å². The molecule has 0 saturated heterocycles. The van der Waals surface area contributed by atoms with Gasteiger partial charge in [-0.15, -0.1) is 0 Å². The molecule has 1 amide bonds. The smallest absolute Gasteiger partial charge is 0.338 e. The molecular weight excluding hydrogens is 304 g/mol. The van der Waals surface area contributed by atoms with Crippen LogP contribution in [-0.2, 0) is 16.1 Å². The van der Waals surface area contributed by atoms with Crippen LogP contribution in [0.5, 0.6) is 0 Å². The lowest BCUT2D eigenvalue weighted by Gasteiger charge is -2.25. The zero-order valence-corrected chi connectivity index (χ0v) is 14.9. The molecule has 0 bridgehead atoms. The zero-order chi connectivity index (χ0) is 17.5. The van der Waals surface area contributed by atoms with Crippen molar-refractivity contribution in [2.24, 2.45) is 0 Å². The van der Waals surface area contributed by atoms with E-state index in [9.17, 15) is 9.59 Å². The van der Waals surface area contributed by atoms with Gasteiger partial charge in [0.25, 0.3) is 0 Å². The van der Waals surface area contributed by atoms with E-state index in [0.717, 1.165) is 11.3 Å². The first-order valence-corrected chi connectivity index (χ1v) is 8.80. The second kappa shape index (κ2) is 8.83. The molecule has 1 aromatic carbocycles. The molecule has 5 heteroatoms. The van der Waals surface area contributed by atoms with Crippen LogP contribution in [0.25, 0.3) is 0 Å². The molecule has 0 unspecified atom stereocenters. The number of carbonyl (C=O) groups is 2. The first kappa shape index (κ1) is 18.5. The summed E-state index contributed by atoms with van der Waals surface area (Å²) in [5, 5.41) is 3.58. The number of hydrogen-bond donors (Lipinski definition) is 1. The van der Waals surface area contributed by atoms with E-state index >= 15 is 0 Å². The fourth-order valence-electron chi connectivity index (χ4n) is 3.13. The number of carbonyl (C=O) groups excluding carboxylic acids is 2. The molecule has 1 aliphatic rings. The summed E-state index contributed by atoms with van der Waals surface area (Å²) in [6.45, 7) is 4.33. The Morgan fingerprint density at radius 3 is 2.58 bits per heavy atom. The first-order valence-electron chi connectivity index (χ1n) is 8.80. The van der Waals surface area contributed by atoms with Gasteiger partial charge in [0, 0.05) is 32.2 Å². The first-order chi connectivity index (χ1) is 11.5. The Balaban J connectivity index is 2.19. The molecule has 5 nitrogen and oxygen atoms in total. The third-order valence-electron chi connectivity index (χ3n) is 4.61. The molecule has 0 heterocycles. The van der Waals surface area contributed by atoms with Crippen molar-refractivity contribution < 1.29 is 14.3 Å². The van der Waals surface area contributed by atoms with Gasteiger partial charge >= 0.3 is 5.97 Å². The topological polar surface area (TPSA) is 58.6 Å². The van der Waals surface area contributed by atoms with Gasteiger partial charge < -0.3 is 15.0 Å². The summed E-state index contributed by atoms with van der Waals surface area (Å²) in [4.78, 5) is 25.4. The molecule has 0 aliphatic heterocycles. The number of hydrogen-bond acceptors (Lipinski definition) is 4. The molecule has 1 aromatic rings. The monoisotopic (exact) mass is 332 g/mol. The van der Waals surface area contributed by atoms with Gasteiger partial charge in [-0.2, -0.15) is 0 Å². The second-order valence-electron chi connectivity index (χ2n) is 6.36. The second-order valence-corrected chi connectivity index (χ2v) is 6.36. The van der Waals surface area contributed by atoms with Crippen LogP contribution < -0.4 is 10.2 Å². The van der Waals surface area contributed by atoms with Gasteiger partial charge in [-0.05, 0) is 43.5 Å². The normalized spacial score (nSPS) is 15.1. The number of rotatable bonds is 6. The van der Waals surface area contributed by atoms with Crippen molar-refractivity contribution in [1.29, 1.82) is 0 Å². The largest absolute Gasteiger partial charge is 0.462 e. The fraction of sp³-hybridized carbons (Fsp3) is 0.579. The van der Waals surface area contributed by atoms with Crippen molar-refractivity contribution in [2.75, 3.05) is 18.6 Å². The maximum Gasteiger partial charge on any atom is 0.338 e. The van der Waals surface area contributed by atoms with Crippen LogP contribution in [0, 0.1) is 0 Å². The van der Waals surface area contributed by atoms with Gasteiger partial charge in [-0.1, -0.05) is 19.3 Å². The van der Waals surface area contributed by atoms with Crippen LogP contribution in [0.2, 0.25) is 0 Å². The molecule has 0 spiro atoms. The van der Waals surface area contributed by atoms with Gasteiger partial charge in [0.2, 0.25) is 5.91 Å². The molecule has 0 atom stereocenters. The Morgan fingerprint density at radius 2 is 1.96 bits per heavy atom. The van der Waals surface area contributed by atoms with Crippen molar-refractivity contribution >= 4 is 17.6 Å². The Hall–Kier alpha value is -1.88. The molecule has 1 fully saturated rings. The third-order valence-corrected chi connectivity index (χ3v) is 4.61. The zero-order valence-electron chi connectivity index (χ0n) is 14.9. The fourth-order valence-corrected chi connectivity index (χ4v) is 3.13. The minimum atomic E-state index is -0.326. The highest BCUT2D eigenvalue weighted by Crippen LogP contribution is 2.24. The lowest BCUT2D eigenvalue weighted by molar-refractivity contribution is -0.116. The molecule has 1 aliphatic carbocycles. The van der Waals surface area contributed by atoms with Gasteiger partial charge in [0.1, 0.15) is 0 Å². The number of nitrogens with zero attached hydrogens (tertiary/aromatic N) is 1. The van der Waals surface area contributed by atoms with E-state index in [1.807, 2.05) is 12.1 Å². The van der Waals surface area contributed by atoms with Gasteiger partial charge in [-0.3, -0.25) is 4.79 Å². The van der Waals surface area contributed by atoms with E-state index in [-0.39, 0.29) is 11.9 Å². The number of nitrogens with one attached hydrogen (secondary N) is 1. The number of anilines is 1. The van der Waals surface area contributed by atoms with Crippen molar-refractivity contribution in [2.45, 2.75) is 58.5 Å². The van der Waals surface area contributed by atoms with Crippen molar-refractivity contribution in [1.82, 2.24) is 5.32 Å². The third kappa shape index (κ3) is 4.81. The van der Waals surface area contributed by atoms with Crippen LogP contribution in [0.4, 0.5) is 5.69 Å². The van der Waals surface area contributed by atoms with Crippen LogP contribution in [-0.4, -0.2) is 31.6 Å². The minimum Gasteiger partial charge on any atom is -0.462 e. The molecule has 132 valence electrons. The summed E-state index contributed by atoms with van der Waals surface area (Å²) in [5.41, 5.74) is 2.31. The molecule has 1 N–H and O–H groups in total. The van der Waals surface area contributed by atoms with Crippen LogP contribution in [0.1, 0.15) is 61.9 Å². The van der Waals surface area contributed by atoms with Crippen molar-refractivity contribution in [3.63, 3.8) is 0 Å². The van der Waals surface area contributed by atoms with Crippen molar-refractivity contribution in [3.05, 3.63) is 29.3 Å². The van der Waals surface area contributed by atoms with Crippen LogP contribution in [0.3, 0.4) is 0 Å². The predicted molar refractivity (Wildman–Crippen MR) is 95.2 cm³/mol. The maximum atomic E-state index is 12.0. The molecule has 0 radical (unpaired) electrons. The Bertz CT molecular complexity index is 580. The highest BCUT2D eigenvalue weighted by atomic mass is 16.5. The molecule has 2 rings (SSSR count). The quantitative estimate of drug-likeness (QED) is 0.812. The average Bonchev–Trinajstić information content (AvgIpc) is 2.60. The van der Waals surface area contributed by atoms with E-state index < -0.39 is 0 Å². The van der Waals surface area contributed by atoms with Gasteiger partial charge in [0.15, 0.2) is 0 Å². The minimum absolute atomic E-state index is 0.0298. The Kier molecular flexibility index (Phi) is 6.79. The van der Waals surface area contributed by atoms with Gasteiger partial charge in [-0.25, -0.2) is 4.79 Å². The Labute approximate surface area is 144 Å². The maximum absolute atomic E-state index is 12.0. The molecule has 1 saturated carbocycles. The number of ether oxygens (including phenoxy) is 1. The predicted octanol–water partition coefficient (Wildman–Crippen LogP) is 3.27. The highest BCUT2D eigenvalue weighted by molar-refractivity contribution is 5.94. The number of amides is 1. The van der Waals surface area contributed by atoms with E-state index in [2.05, 4.69) is 5.32 Å². The van der Waals surface area contributed by atoms with E-state index in [0.29, 0.717) is 24.8 Å². The summed E-state index contributed by atoms with van der Waals surface area (Å²) in [5.74, 6) is -0.355. The highest BCUT2D eigenvalue weighted by Gasteiger charge is 2.17. The average molecular weight is 332 g/mol. The summed E-state index contributed by atoms with van der Waals surface area (Å²) in [6, 6.07) is 5.89. The van der Waals surface area contributed by atoms with E-state index in [1.54, 1.807) is 24.9 Å². The Morgan fingerprint density at radius 1 is 1.25 bits per heavy atom. The lowest BCUT2D eigenvalue weighted by atomic mass is 9.95. The molecule has 24 heavy (non-hydrogen) atoms. The summed E-state index contributed by atoms with van der Waals surface area (Å²) < 4.78 is 5.09. The summed E-state index contributed by atoms with van der Waals surface area (Å²) in [7, 11) is 1.76. The SMILES string of the molecule is CCOC(=O)c1ccc(N(C)C(C)=O)c(CNC2CCCCC2)c1. The molecule has 0 aromatic heterocycles. The van der Waals surface area contributed by atoms with Crippen LogP contribution >= 0.6 is 0 Å². The van der Waals surface area contributed by atoms with Crippen molar-refractivity contribution in [3.8, 4) is 0 Å². The van der Waals surface area contributed by atoms with Crippen LogP contribution in [0.15, 0.2) is 18.2 Å². The summed E-state index contributed by atoms with van der Waals surface area (Å²) in [6.07, 6.45) is 6.22. The summed E-state index contributed by atoms with van der Waals surface area (Å²) >= 11 is 0. The van der Waals surface area contributed by atoms with E-state index in [1.165, 1.54) is 39.0 Å². The molecular formula is C19H28N2O3. The number of esters is 1. The van der Waals surface area contributed by atoms with E-state index in [4.69, 9.17) is 4.74 Å². The standard InChI is InChI=1S/C19H28N2O3/c1-4-24-19(23)15-10-11-18(21(3)14(2)22)16(12-15)13-20-17-8-6-5-7-9-17/h10-12,17,20H,4-9,13H2,1-3H3. The number of benzene rings is 1. The lowest BCUT2D eigenvalue weighted by Crippen LogP contribution is -2.32.